The summed E-state index contributed by atoms with van der Waals surface area (Å²) < 4.78 is 44.4. The number of rotatable bonds is 4. The first-order valence-electron chi connectivity index (χ1n) is 9.26. The summed E-state index contributed by atoms with van der Waals surface area (Å²) in [5.74, 6) is -0.114. The van der Waals surface area contributed by atoms with Gasteiger partial charge in [0.1, 0.15) is 11.4 Å². The molecule has 29 heavy (non-hydrogen) atoms. The van der Waals surface area contributed by atoms with E-state index in [1.54, 1.807) is 11.0 Å². The highest BCUT2D eigenvalue weighted by molar-refractivity contribution is 5.68. The lowest BCUT2D eigenvalue weighted by Crippen LogP contribution is -2.35. The highest BCUT2D eigenvalue weighted by Crippen LogP contribution is 2.36. The molecule has 0 unspecified atom stereocenters. The third-order valence-corrected chi connectivity index (χ3v) is 4.92. The number of hydrogen-bond donors (Lipinski definition) is 2. The lowest BCUT2D eigenvalue weighted by Gasteiger charge is -2.28. The van der Waals surface area contributed by atoms with E-state index < -0.39 is 11.7 Å². The summed E-state index contributed by atoms with van der Waals surface area (Å²) in [5.41, 5.74) is 1.85. The molecule has 1 aromatic carbocycles. The number of carbonyl (C=O) groups is 1. The molecule has 2 N–H and O–H groups in total. The highest BCUT2D eigenvalue weighted by atomic mass is 19.4. The molecule has 1 saturated carbocycles. The number of fused-ring (bicyclic) bond motifs is 1. The zero-order chi connectivity index (χ0) is 20.6. The lowest BCUT2D eigenvalue weighted by molar-refractivity contribution is -0.137. The summed E-state index contributed by atoms with van der Waals surface area (Å²) in [4.78, 5) is 21.2. The van der Waals surface area contributed by atoms with Crippen LogP contribution in [0, 0.1) is 0 Å². The van der Waals surface area contributed by atoms with Crippen molar-refractivity contribution in [1.29, 1.82) is 0 Å². The van der Waals surface area contributed by atoms with E-state index in [-0.39, 0.29) is 23.9 Å². The summed E-state index contributed by atoms with van der Waals surface area (Å²) >= 11 is 0. The maximum atomic E-state index is 13.2. The number of halogens is 3. The Morgan fingerprint density at radius 1 is 1.28 bits per heavy atom. The molecule has 0 bridgehead atoms. The quantitative estimate of drug-likeness (QED) is 0.799. The first-order chi connectivity index (χ1) is 13.8. The minimum atomic E-state index is -4.52. The zero-order valence-electron chi connectivity index (χ0n) is 15.7. The maximum absolute atomic E-state index is 13.2. The van der Waals surface area contributed by atoms with Crippen LogP contribution in [0.25, 0.3) is 0 Å². The second kappa shape index (κ2) is 7.41. The topological polar surface area (TPSA) is 79.4 Å². The lowest BCUT2D eigenvalue weighted by atomic mass is 9.99. The van der Waals surface area contributed by atoms with Crippen molar-refractivity contribution >= 4 is 23.5 Å². The summed E-state index contributed by atoms with van der Waals surface area (Å²) in [6, 6.07) is 5.59. The van der Waals surface area contributed by atoms with Crippen LogP contribution < -0.4 is 10.6 Å². The number of anilines is 3. The van der Waals surface area contributed by atoms with Gasteiger partial charge in [-0.15, -0.1) is 0 Å². The Kier molecular flexibility index (Phi) is 4.93. The van der Waals surface area contributed by atoms with Gasteiger partial charge in [-0.2, -0.15) is 18.2 Å². The fraction of sp³-hybridized carbons (Fsp3) is 0.421. The molecular formula is C19H20F3N5O2. The normalized spacial score (nSPS) is 16.2. The Hall–Kier alpha value is -3.04. The number of amides is 1. The highest BCUT2D eigenvalue weighted by Gasteiger charge is 2.37. The number of ether oxygens (including phenoxy) is 1. The molecule has 2 aliphatic rings. The van der Waals surface area contributed by atoms with Gasteiger partial charge >= 0.3 is 12.3 Å². The molecule has 154 valence electrons. The van der Waals surface area contributed by atoms with Gasteiger partial charge in [0.2, 0.25) is 5.95 Å². The van der Waals surface area contributed by atoms with Crippen molar-refractivity contribution in [3.05, 3.63) is 41.1 Å². The molecule has 10 heteroatoms. The molecule has 7 nitrogen and oxygen atoms in total. The maximum Gasteiger partial charge on any atom is 0.421 e. The second-order valence-electron chi connectivity index (χ2n) is 7.12. The minimum Gasteiger partial charge on any atom is -0.453 e. The molecule has 1 amide bonds. The molecule has 0 atom stereocenters. The van der Waals surface area contributed by atoms with Crippen LogP contribution in [0.4, 0.5) is 35.4 Å². The SMILES string of the molecule is COC(=O)N1CCc2cc(Nc3ncc(C(F)(F)F)c(NC4CC4)n3)ccc2C1. The summed E-state index contributed by atoms with van der Waals surface area (Å²) in [6.45, 7) is 0.990. The number of carbonyl (C=O) groups excluding carboxylic acids is 1. The Morgan fingerprint density at radius 3 is 2.76 bits per heavy atom. The Bertz CT molecular complexity index is 931. The van der Waals surface area contributed by atoms with Crippen molar-refractivity contribution in [1.82, 2.24) is 14.9 Å². The van der Waals surface area contributed by atoms with Gasteiger partial charge < -0.3 is 20.3 Å². The number of methoxy groups -OCH3 is 1. The minimum absolute atomic E-state index is 0.0281. The van der Waals surface area contributed by atoms with E-state index in [9.17, 15) is 18.0 Å². The van der Waals surface area contributed by atoms with Gasteiger partial charge in [0.25, 0.3) is 0 Å². The molecule has 1 aromatic heterocycles. The second-order valence-corrected chi connectivity index (χ2v) is 7.12. The monoisotopic (exact) mass is 407 g/mol. The smallest absolute Gasteiger partial charge is 0.421 e. The summed E-state index contributed by atoms with van der Waals surface area (Å²) in [5, 5.41) is 5.80. The van der Waals surface area contributed by atoms with Crippen molar-refractivity contribution in [2.45, 2.75) is 38.0 Å². The molecule has 1 fully saturated rings. The van der Waals surface area contributed by atoms with E-state index in [1.165, 1.54) is 7.11 Å². The summed E-state index contributed by atoms with van der Waals surface area (Å²) in [6.07, 6.45) is -1.77. The number of nitrogens with one attached hydrogen (secondary N) is 2. The third-order valence-electron chi connectivity index (χ3n) is 4.92. The van der Waals surface area contributed by atoms with Crippen LogP contribution in [-0.2, 0) is 23.9 Å². The van der Waals surface area contributed by atoms with Gasteiger partial charge in [0, 0.05) is 31.0 Å². The van der Waals surface area contributed by atoms with Crippen LogP contribution in [0.2, 0.25) is 0 Å². The predicted molar refractivity (Wildman–Crippen MR) is 99.9 cm³/mol. The van der Waals surface area contributed by atoms with Gasteiger partial charge in [-0.25, -0.2) is 9.78 Å². The Balaban J connectivity index is 1.53. The average Bonchev–Trinajstić information content (AvgIpc) is 3.50. The molecule has 0 spiro atoms. The van der Waals surface area contributed by atoms with E-state index in [1.807, 2.05) is 12.1 Å². The Morgan fingerprint density at radius 2 is 2.07 bits per heavy atom. The number of aromatic nitrogens is 2. The van der Waals surface area contributed by atoms with Crippen LogP contribution in [0.15, 0.2) is 24.4 Å². The van der Waals surface area contributed by atoms with Crippen molar-refractivity contribution < 1.29 is 22.7 Å². The number of benzene rings is 1. The first kappa shape index (κ1) is 19.3. The van der Waals surface area contributed by atoms with Gasteiger partial charge in [-0.05, 0) is 42.5 Å². The van der Waals surface area contributed by atoms with E-state index in [4.69, 9.17) is 4.74 Å². The van der Waals surface area contributed by atoms with Gasteiger partial charge in [0.05, 0.1) is 7.11 Å². The van der Waals surface area contributed by atoms with Crippen molar-refractivity contribution in [2.24, 2.45) is 0 Å². The predicted octanol–water partition coefficient (Wildman–Crippen LogP) is 3.94. The fourth-order valence-electron chi connectivity index (χ4n) is 3.23. The van der Waals surface area contributed by atoms with Gasteiger partial charge in [0.15, 0.2) is 0 Å². The van der Waals surface area contributed by atoms with Crippen LogP contribution in [-0.4, -0.2) is 40.7 Å². The van der Waals surface area contributed by atoms with Gasteiger partial charge in [-0.1, -0.05) is 6.07 Å². The van der Waals surface area contributed by atoms with Crippen molar-refractivity contribution in [3.63, 3.8) is 0 Å². The fourth-order valence-corrected chi connectivity index (χ4v) is 3.23. The summed E-state index contributed by atoms with van der Waals surface area (Å²) in [7, 11) is 1.35. The number of nitrogens with zero attached hydrogens (tertiary/aromatic N) is 3. The number of hydrogen-bond acceptors (Lipinski definition) is 6. The molecule has 2 aromatic rings. The van der Waals surface area contributed by atoms with E-state index >= 15 is 0 Å². The molecule has 2 heterocycles. The van der Waals surface area contributed by atoms with E-state index in [0.717, 1.165) is 30.2 Å². The van der Waals surface area contributed by atoms with E-state index in [0.29, 0.717) is 25.2 Å². The van der Waals surface area contributed by atoms with E-state index in [2.05, 4.69) is 20.6 Å². The Labute approximate surface area is 165 Å². The molecular weight excluding hydrogens is 387 g/mol. The molecule has 4 rings (SSSR count). The zero-order valence-corrected chi connectivity index (χ0v) is 15.7. The molecule has 1 aliphatic heterocycles. The van der Waals surface area contributed by atoms with Crippen LogP contribution in [0.1, 0.15) is 29.5 Å². The molecule has 0 saturated heterocycles. The molecule has 1 aliphatic carbocycles. The van der Waals surface area contributed by atoms with Crippen molar-refractivity contribution in [3.8, 4) is 0 Å². The third kappa shape index (κ3) is 4.36. The van der Waals surface area contributed by atoms with Crippen LogP contribution in [0.3, 0.4) is 0 Å². The first-order valence-corrected chi connectivity index (χ1v) is 9.26. The largest absolute Gasteiger partial charge is 0.453 e. The van der Waals surface area contributed by atoms with Crippen LogP contribution in [0.5, 0.6) is 0 Å². The van der Waals surface area contributed by atoms with Crippen molar-refractivity contribution in [2.75, 3.05) is 24.3 Å². The number of alkyl halides is 3. The molecule has 0 radical (unpaired) electrons. The van der Waals surface area contributed by atoms with Crippen LogP contribution >= 0.6 is 0 Å². The van der Waals surface area contributed by atoms with Gasteiger partial charge in [-0.3, -0.25) is 0 Å². The average molecular weight is 407 g/mol. The standard InChI is InChI=1S/C19H20F3N5O2/c1-29-18(28)27-7-6-11-8-14(3-2-12(11)10-27)25-17-23-9-15(19(20,21)22)16(26-17)24-13-4-5-13/h2-3,8-9,13H,4-7,10H2,1H3,(H2,23,24,25,26).